The van der Waals surface area contributed by atoms with Crippen molar-refractivity contribution in [1.82, 2.24) is 24.4 Å². The van der Waals surface area contributed by atoms with Crippen LogP contribution in [0.2, 0.25) is 0 Å². The van der Waals surface area contributed by atoms with Crippen molar-refractivity contribution < 1.29 is 18.0 Å². The number of anilines is 1. The van der Waals surface area contributed by atoms with Crippen molar-refractivity contribution in [3.05, 3.63) is 82.5 Å². The Morgan fingerprint density at radius 2 is 1.76 bits per heavy atom. The lowest BCUT2D eigenvalue weighted by atomic mass is 10.0. The molecule has 11 heteroatoms. The van der Waals surface area contributed by atoms with Crippen LogP contribution in [-0.2, 0) is 13.2 Å². The number of imidazole rings is 1. The molecule has 8 nitrogen and oxygen atoms in total. The van der Waals surface area contributed by atoms with E-state index in [1.54, 1.807) is 37.6 Å². The van der Waals surface area contributed by atoms with Crippen molar-refractivity contribution in [2.45, 2.75) is 13.1 Å². The van der Waals surface area contributed by atoms with E-state index < -0.39 is 23.5 Å². The lowest BCUT2D eigenvalue weighted by Crippen LogP contribution is -2.24. The van der Waals surface area contributed by atoms with Gasteiger partial charge in [-0.1, -0.05) is 12.1 Å². The second-order valence-corrected chi connectivity index (χ2v) is 8.48. The zero-order chi connectivity index (χ0) is 26.5. The monoisotopic (exact) mass is 506 g/mol. The Kier molecular flexibility index (Phi) is 5.70. The zero-order valence-corrected chi connectivity index (χ0v) is 20.0. The molecule has 3 heterocycles. The summed E-state index contributed by atoms with van der Waals surface area (Å²) >= 11 is 0. The van der Waals surface area contributed by atoms with E-state index in [9.17, 15) is 22.8 Å². The quantitative estimate of drug-likeness (QED) is 0.360. The van der Waals surface area contributed by atoms with E-state index in [0.29, 0.717) is 27.8 Å². The first kappa shape index (κ1) is 24.0. The van der Waals surface area contributed by atoms with Crippen molar-refractivity contribution in [2.24, 2.45) is 7.05 Å². The highest BCUT2D eigenvalue weighted by Gasteiger charge is 2.33. The first-order valence-electron chi connectivity index (χ1n) is 11.2. The molecule has 0 unspecified atom stereocenters. The second kappa shape index (κ2) is 8.77. The summed E-state index contributed by atoms with van der Waals surface area (Å²) in [7, 11) is 3.06. The number of halogens is 3. The van der Waals surface area contributed by atoms with E-state index in [1.165, 1.54) is 35.2 Å². The summed E-state index contributed by atoms with van der Waals surface area (Å²) in [6.45, 7) is 1.36. The first-order chi connectivity index (χ1) is 17.6. The second-order valence-electron chi connectivity index (χ2n) is 8.48. The number of amides is 2. The largest absolute Gasteiger partial charge is 0.416 e. The van der Waals surface area contributed by atoms with Crippen LogP contribution < -0.4 is 16.3 Å². The Hall–Kier alpha value is -4.67. The van der Waals surface area contributed by atoms with Gasteiger partial charge >= 0.3 is 17.9 Å². The van der Waals surface area contributed by atoms with Gasteiger partial charge in [0.15, 0.2) is 0 Å². The van der Waals surface area contributed by atoms with Crippen LogP contribution in [0.1, 0.15) is 11.1 Å². The van der Waals surface area contributed by atoms with Crippen molar-refractivity contribution in [2.75, 3.05) is 12.4 Å². The van der Waals surface area contributed by atoms with Crippen molar-refractivity contribution in [3.63, 3.8) is 0 Å². The molecule has 0 aliphatic heterocycles. The van der Waals surface area contributed by atoms with Gasteiger partial charge in [0.1, 0.15) is 5.82 Å². The molecule has 0 saturated heterocycles. The maximum atomic E-state index is 13.6. The number of alkyl halides is 3. The molecule has 0 atom stereocenters. The summed E-state index contributed by atoms with van der Waals surface area (Å²) in [5.41, 5.74) is 1.82. The lowest BCUT2D eigenvalue weighted by Gasteiger charge is -2.15. The molecular weight excluding hydrogens is 485 g/mol. The fraction of sp³-hybridized carbons (Fsp3) is 0.154. The molecule has 2 amide bonds. The normalized spacial score (nSPS) is 11.7. The summed E-state index contributed by atoms with van der Waals surface area (Å²) in [6.07, 6.45) is -1.43. The van der Waals surface area contributed by atoms with Gasteiger partial charge in [-0.3, -0.25) is 19.4 Å². The van der Waals surface area contributed by atoms with E-state index in [1.807, 2.05) is 12.1 Å². The van der Waals surface area contributed by atoms with Crippen LogP contribution in [0.4, 0.5) is 23.8 Å². The topological polar surface area (TPSA) is 93.8 Å². The Balaban J connectivity index is 1.73. The minimum Gasteiger partial charge on any atom is -0.341 e. The molecule has 0 saturated carbocycles. The Bertz CT molecular complexity index is 1740. The van der Waals surface area contributed by atoms with Crippen LogP contribution in [0.15, 0.2) is 65.7 Å². The predicted octanol–water partition coefficient (Wildman–Crippen LogP) is 5.02. The van der Waals surface area contributed by atoms with Gasteiger partial charge in [-0.05, 0) is 54.4 Å². The van der Waals surface area contributed by atoms with Crippen LogP contribution in [0.25, 0.3) is 38.8 Å². The van der Waals surface area contributed by atoms with E-state index in [2.05, 4.69) is 20.6 Å². The minimum absolute atomic E-state index is 0.0471. The van der Waals surface area contributed by atoms with Gasteiger partial charge in [0.05, 0.1) is 34.0 Å². The molecule has 0 fully saturated rings. The highest BCUT2D eigenvalue weighted by Crippen LogP contribution is 2.35. The SMILES string of the molecule is CNC(=O)Nc1ccc(-c2ccc3ncc4c(c3c2)n(-c2cccc(C(F)(F)F)c2C)c(=O)n4C)cn1. The first-order valence-corrected chi connectivity index (χ1v) is 11.2. The fourth-order valence-electron chi connectivity index (χ4n) is 4.39. The number of hydrogen-bond acceptors (Lipinski definition) is 4. The van der Waals surface area contributed by atoms with Gasteiger partial charge in [0.2, 0.25) is 0 Å². The molecule has 3 aromatic heterocycles. The summed E-state index contributed by atoms with van der Waals surface area (Å²) in [5, 5.41) is 5.63. The van der Waals surface area contributed by atoms with E-state index in [-0.39, 0.29) is 11.3 Å². The molecule has 2 aromatic carbocycles. The molecule has 0 spiro atoms. The van der Waals surface area contributed by atoms with Crippen LogP contribution in [0, 0.1) is 6.92 Å². The number of nitrogens with zero attached hydrogens (tertiary/aromatic N) is 4. The van der Waals surface area contributed by atoms with Gasteiger partial charge < -0.3 is 5.32 Å². The number of carbonyl (C=O) groups excluding carboxylic acids is 1. The Morgan fingerprint density at radius 1 is 1.00 bits per heavy atom. The molecule has 188 valence electrons. The minimum atomic E-state index is -4.56. The summed E-state index contributed by atoms with van der Waals surface area (Å²) in [5.74, 6) is 0.366. The standard InChI is InChI=1S/C26H21F3N6O2/c1-14-18(26(27,28)29)5-4-6-20(14)35-23-17-11-15(16-8-10-22(32-12-16)33-24(36)30-2)7-9-19(17)31-13-21(23)34(3)25(35)37/h4-13H,1-3H3,(H2,30,32,33,36). The third-order valence-electron chi connectivity index (χ3n) is 6.30. The number of benzene rings is 2. The maximum absolute atomic E-state index is 13.6. The number of fused-ring (bicyclic) bond motifs is 3. The average Bonchev–Trinajstić information content (AvgIpc) is 3.13. The van der Waals surface area contributed by atoms with E-state index >= 15 is 0 Å². The van der Waals surface area contributed by atoms with Crippen LogP contribution in [-0.4, -0.2) is 32.2 Å². The van der Waals surface area contributed by atoms with Crippen LogP contribution in [0.5, 0.6) is 0 Å². The van der Waals surface area contributed by atoms with Crippen molar-refractivity contribution in [1.29, 1.82) is 0 Å². The molecule has 2 N–H and O–H groups in total. The van der Waals surface area contributed by atoms with Crippen LogP contribution >= 0.6 is 0 Å². The smallest absolute Gasteiger partial charge is 0.341 e. The molecule has 0 radical (unpaired) electrons. The summed E-state index contributed by atoms with van der Waals surface area (Å²) in [4.78, 5) is 33.6. The van der Waals surface area contributed by atoms with Crippen molar-refractivity contribution in [3.8, 4) is 16.8 Å². The van der Waals surface area contributed by atoms with Gasteiger partial charge in [-0.15, -0.1) is 0 Å². The lowest BCUT2D eigenvalue weighted by molar-refractivity contribution is -0.138. The molecule has 5 aromatic rings. The number of hydrogen-bond donors (Lipinski definition) is 2. The Labute approximate surface area is 208 Å². The number of rotatable bonds is 3. The van der Waals surface area contributed by atoms with Gasteiger partial charge in [-0.2, -0.15) is 13.2 Å². The zero-order valence-electron chi connectivity index (χ0n) is 20.0. The van der Waals surface area contributed by atoms with E-state index in [0.717, 1.165) is 17.2 Å². The summed E-state index contributed by atoms with van der Waals surface area (Å²) < 4.78 is 43.6. The average molecular weight is 506 g/mol. The maximum Gasteiger partial charge on any atom is 0.416 e. The number of carbonyl (C=O) groups is 1. The number of nitrogens with one attached hydrogen (secondary N) is 2. The highest BCUT2D eigenvalue weighted by molar-refractivity contribution is 6.04. The molecule has 0 aliphatic carbocycles. The predicted molar refractivity (Wildman–Crippen MR) is 135 cm³/mol. The number of aromatic nitrogens is 4. The number of urea groups is 1. The van der Waals surface area contributed by atoms with Gasteiger partial charge in [0, 0.05) is 31.2 Å². The van der Waals surface area contributed by atoms with Gasteiger partial charge in [-0.25, -0.2) is 14.6 Å². The highest BCUT2D eigenvalue weighted by atomic mass is 19.4. The number of pyridine rings is 2. The van der Waals surface area contributed by atoms with Gasteiger partial charge in [0.25, 0.3) is 0 Å². The third-order valence-corrected chi connectivity index (χ3v) is 6.30. The molecule has 5 rings (SSSR count). The van der Waals surface area contributed by atoms with Crippen LogP contribution in [0.3, 0.4) is 0 Å². The molecule has 0 aliphatic rings. The Morgan fingerprint density at radius 3 is 2.43 bits per heavy atom. The van der Waals surface area contributed by atoms with E-state index in [4.69, 9.17) is 0 Å². The molecule has 0 bridgehead atoms. The summed E-state index contributed by atoms with van der Waals surface area (Å²) in [6, 6.07) is 12.3. The van der Waals surface area contributed by atoms with Crippen molar-refractivity contribution >= 4 is 33.8 Å². The number of aryl methyl sites for hydroxylation is 1. The molecule has 37 heavy (non-hydrogen) atoms. The third kappa shape index (κ3) is 4.07. The molecular formula is C26H21F3N6O2. The fourth-order valence-corrected chi connectivity index (χ4v) is 4.39.